The normalized spacial score (nSPS) is 18.7. The molecule has 0 aromatic carbocycles. The molecule has 0 saturated carbocycles. The van der Waals surface area contributed by atoms with E-state index >= 15 is 0 Å². The van der Waals surface area contributed by atoms with E-state index in [-0.39, 0.29) is 5.91 Å². The predicted octanol–water partition coefficient (Wildman–Crippen LogP) is 3.89. The van der Waals surface area contributed by atoms with E-state index in [0.29, 0.717) is 28.9 Å². The highest BCUT2D eigenvalue weighted by Gasteiger charge is 2.30. The summed E-state index contributed by atoms with van der Waals surface area (Å²) in [6.45, 7) is 9.46. The van der Waals surface area contributed by atoms with Gasteiger partial charge in [-0.25, -0.2) is 4.98 Å². The van der Waals surface area contributed by atoms with Crippen molar-refractivity contribution in [1.29, 1.82) is 0 Å². The van der Waals surface area contributed by atoms with Crippen molar-refractivity contribution >= 4 is 17.2 Å². The number of carbonyl (C=O) groups excluding carboxylic acids is 1. The molecule has 1 aliphatic rings. The monoisotopic (exact) mass is 333 g/mol. The van der Waals surface area contributed by atoms with Gasteiger partial charge in [-0.1, -0.05) is 19.0 Å². The van der Waals surface area contributed by atoms with Gasteiger partial charge in [-0.3, -0.25) is 4.79 Å². The molecule has 5 nitrogen and oxygen atoms in total. The van der Waals surface area contributed by atoms with Crippen LogP contribution in [-0.4, -0.2) is 34.0 Å². The maximum absolute atomic E-state index is 12.8. The maximum Gasteiger partial charge on any atom is 0.259 e. The number of aryl methyl sites for hydroxylation is 2. The van der Waals surface area contributed by atoms with E-state index in [4.69, 9.17) is 9.51 Å². The molecule has 3 rings (SSSR count). The van der Waals surface area contributed by atoms with E-state index < -0.39 is 0 Å². The van der Waals surface area contributed by atoms with E-state index in [1.807, 2.05) is 11.8 Å². The largest absolute Gasteiger partial charge is 0.361 e. The van der Waals surface area contributed by atoms with Gasteiger partial charge in [-0.15, -0.1) is 11.3 Å². The lowest BCUT2D eigenvalue weighted by Gasteiger charge is -2.31. The summed E-state index contributed by atoms with van der Waals surface area (Å²) in [7, 11) is 0. The smallest absolute Gasteiger partial charge is 0.259 e. The Labute approximate surface area is 140 Å². The molecule has 1 saturated heterocycles. The summed E-state index contributed by atoms with van der Waals surface area (Å²) in [5, 5.41) is 7.20. The van der Waals surface area contributed by atoms with Gasteiger partial charge in [0, 0.05) is 24.4 Å². The quantitative estimate of drug-likeness (QED) is 0.855. The first kappa shape index (κ1) is 16.2. The third kappa shape index (κ3) is 3.17. The first-order chi connectivity index (χ1) is 11.0. The molecule has 1 amide bonds. The van der Waals surface area contributed by atoms with Crippen molar-refractivity contribution in [3.05, 3.63) is 33.1 Å². The lowest BCUT2D eigenvalue weighted by molar-refractivity contribution is 0.0704. The highest BCUT2D eigenvalue weighted by molar-refractivity contribution is 7.09. The van der Waals surface area contributed by atoms with Crippen LogP contribution in [0.15, 0.2) is 9.90 Å². The van der Waals surface area contributed by atoms with Crippen molar-refractivity contribution < 1.29 is 9.32 Å². The van der Waals surface area contributed by atoms with Gasteiger partial charge in [-0.05, 0) is 32.6 Å². The summed E-state index contributed by atoms with van der Waals surface area (Å²) in [6.07, 6.45) is 2.10. The molecule has 1 aliphatic heterocycles. The third-order valence-electron chi connectivity index (χ3n) is 4.44. The molecule has 0 radical (unpaired) electrons. The van der Waals surface area contributed by atoms with Crippen LogP contribution in [0.1, 0.15) is 71.0 Å². The number of rotatable bonds is 3. The van der Waals surface area contributed by atoms with Gasteiger partial charge in [-0.2, -0.15) is 0 Å². The minimum absolute atomic E-state index is 0.0339. The number of thiazole rings is 1. The van der Waals surface area contributed by atoms with Crippen LogP contribution in [0.2, 0.25) is 0 Å². The Bertz CT molecular complexity index is 685. The number of piperidine rings is 1. The van der Waals surface area contributed by atoms with Gasteiger partial charge < -0.3 is 9.42 Å². The Kier molecular flexibility index (Phi) is 4.53. The van der Waals surface area contributed by atoms with Crippen molar-refractivity contribution in [3.8, 4) is 0 Å². The van der Waals surface area contributed by atoms with Crippen LogP contribution in [0.4, 0.5) is 0 Å². The topological polar surface area (TPSA) is 59.2 Å². The van der Waals surface area contributed by atoms with Crippen molar-refractivity contribution in [2.24, 2.45) is 0 Å². The highest BCUT2D eigenvalue weighted by Crippen LogP contribution is 2.31. The Hall–Kier alpha value is -1.69. The number of hydrogen-bond donors (Lipinski definition) is 0. The summed E-state index contributed by atoms with van der Waals surface area (Å²) in [5.41, 5.74) is 2.44. The number of hydrogen-bond acceptors (Lipinski definition) is 5. The van der Waals surface area contributed by atoms with Crippen molar-refractivity contribution in [1.82, 2.24) is 15.0 Å². The van der Waals surface area contributed by atoms with Crippen LogP contribution in [0.25, 0.3) is 0 Å². The van der Waals surface area contributed by atoms with E-state index in [9.17, 15) is 4.79 Å². The van der Waals surface area contributed by atoms with Gasteiger partial charge in [0.25, 0.3) is 5.91 Å². The third-order valence-corrected chi connectivity index (χ3v) is 5.46. The van der Waals surface area contributed by atoms with Gasteiger partial charge in [0.2, 0.25) is 0 Å². The Morgan fingerprint density at radius 2 is 2.22 bits per heavy atom. The highest BCUT2D eigenvalue weighted by atomic mass is 32.1. The Morgan fingerprint density at radius 3 is 2.83 bits per heavy atom. The summed E-state index contributed by atoms with van der Waals surface area (Å²) >= 11 is 1.72. The fourth-order valence-electron chi connectivity index (χ4n) is 3.06. The average molecular weight is 333 g/mol. The minimum atomic E-state index is 0.0339. The van der Waals surface area contributed by atoms with E-state index in [1.54, 1.807) is 18.3 Å². The molecule has 0 bridgehead atoms. The zero-order valence-corrected chi connectivity index (χ0v) is 14.9. The Morgan fingerprint density at radius 1 is 1.43 bits per heavy atom. The fourth-order valence-corrected chi connectivity index (χ4v) is 4.17. The summed E-state index contributed by atoms with van der Waals surface area (Å²) in [4.78, 5) is 19.5. The molecule has 124 valence electrons. The molecule has 2 aromatic heterocycles. The van der Waals surface area contributed by atoms with Gasteiger partial charge in [0.05, 0.1) is 16.4 Å². The van der Waals surface area contributed by atoms with Gasteiger partial charge in [0.15, 0.2) is 0 Å². The fraction of sp³-hybridized carbons (Fsp3) is 0.588. The second-order valence-corrected chi connectivity index (χ2v) is 7.44. The molecule has 0 spiro atoms. The number of carbonyl (C=O) groups is 1. The molecule has 1 atom stereocenters. The van der Waals surface area contributed by atoms with E-state index in [1.165, 1.54) is 0 Å². The standard InChI is InChI=1S/C17H23N3O2S/c1-10(2)14-9-23-16(18-14)13-6-5-7-20(8-13)17(21)15-11(3)19-22-12(15)4/h9-10,13H,5-8H2,1-4H3. The van der Waals surface area contributed by atoms with Crippen LogP contribution in [0, 0.1) is 13.8 Å². The van der Waals surface area contributed by atoms with Gasteiger partial charge in [0.1, 0.15) is 11.3 Å². The zero-order chi connectivity index (χ0) is 16.6. The molecule has 2 aromatic rings. The molecule has 1 fully saturated rings. The Balaban J connectivity index is 1.76. The number of likely N-dealkylation sites (tertiary alicyclic amines) is 1. The molecular formula is C17H23N3O2S. The first-order valence-corrected chi connectivity index (χ1v) is 9.02. The molecule has 0 N–H and O–H groups in total. The number of aromatic nitrogens is 2. The molecule has 6 heteroatoms. The van der Waals surface area contributed by atoms with Crippen molar-refractivity contribution in [3.63, 3.8) is 0 Å². The molecular weight excluding hydrogens is 310 g/mol. The van der Waals surface area contributed by atoms with Crippen molar-refractivity contribution in [2.75, 3.05) is 13.1 Å². The zero-order valence-electron chi connectivity index (χ0n) is 14.1. The molecule has 3 heterocycles. The van der Waals surface area contributed by atoms with Crippen LogP contribution in [-0.2, 0) is 0 Å². The maximum atomic E-state index is 12.8. The average Bonchev–Trinajstić information content (AvgIpc) is 3.14. The summed E-state index contributed by atoms with van der Waals surface area (Å²) in [5.74, 6) is 1.42. The van der Waals surface area contributed by atoms with Crippen LogP contribution < -0.4 is 0 Å². The van der Waals surface area contributed by atoms with E-state index in [0.717, 1.165) is 36.6 Å². The predicted molar refractivity (Wildman–Crippen MR) is 90.1 cm³/mol. The van der Waals surface area contributed by atoms with Gasteiger partial charge >= 0.3 is 0 Å². The van der Waals surface area contributed by atoms with Crippen LogP contribution in [0.5, 0.6) is 0 Å². The summed E-state index contributed by atoms with van der Waals surface area (Å²) in [6, 6.07) is 0. The SMILES string of the molecule is Cc1noc(C)c1C(=O)N1CCCC(c2nc(C(C)C)cs2)C1. The number of amides is 1. The van der Waals surface area contributed by atoms with Crippen LogP contribution >= 0.6 is 11.3 Å². The lowest BCUT2D eigenvalue weighted by atomic mass is 9.97. The minimum Gasteiger partial charge on any atom is -0.361 e. The first-order valence-electron chi connectivity index (χ1n) is 8.14. The van der Waals surface area contributed by atoms with Crippen molar-refractivity contribution in [2.45, 2.75) is 52.4 Å². The van der Waals surface area contributed by atoms with E-state index in [2.05, 4.69) is 24.4 Å². The molecule has 1 unspecified atom stereocenters. The summed E-state index contributed by atoms with van der Waals surface area (Å²) < 4.78 is 5.14. The second-order valence-electron chi connectivity index (χ2n) is 6.55. The lowest BCUT2D eigenvalue weighted by Crippen LogP contribution is -2.39. The van der Waals surface area contributed by atoms with Crippen LogP contribution in [0.3, 0.4) is 0 Å². The number of nitrogens with zero attached hydrogens (tertiary/aromatic N) is 3. The second kappa shape index (κ2) is 6.43. The molecule has 0 aliphatic carbocycles. The molecule has 23 heavy (non-hydrogen) atoms.